The number of aromatic nitrogens is 1. The third-order valence-electron chi connectivity index (χ3n) is 5.40. The molecule has 0 aromatic carbocycles. The number of hydrogen-bond acceptors (Lipinski definition) is 5. The molecule has 7 heteroatoms. The fraction of sp³-hybridized carbons (Fsp3) is 0.600. The number of nitriles is 1. The molecule has 0 bridgehead atoms. The minimum atomic E-state index is -0.110. The zero-order valence-corrected chi connectivity index (χ0v) is 16.0. The van der Waals surface area contributed by atoms with Gasteiger partial charge in [-0.3, -0.25) is 14.5 Å². The molecule has 2 fully saturated rings. The molecule has 1 aromatic heterocycles. The van der Waals surface area contributed by atoms with E-state index in [1.165, 1.54) is 12.8 Å². The average molecular weight is 369 g/mol. The normalized spacial score (nSPS) is 18.7. The Morgan fingerprint density at radius 2 is 1.67 bits per heavy atom. The first-order chi connectivity index (χ1) is 13.1. The van der Waals surface area contributed by atoms with Crippen molar-refractivity contribution in [2.45, 2.75) is 32.6 Å². The van der Waals surface area contributed by atoms with Crippen LogP contribution in [0.15, 0.2) is 12.1 Å². The van der Waals surface area contributed by atoms with Gasteiger partial charge in [0.25, 0.3) is 5.91 Å². The Hall–Kier alpha value is -2.46. The summed E-state index contributed by atoms with van der Waals surface area (Å²) < 4.78 is 0. The zero-order valence-electron chi connectivity index (χ0n) is 16.0. The van der Waals surface area contributed by atoms with Gasteiger partial charge in [0.15, 0.2) is 0 Å². The molecule has 0 N–H and O–H groups in total. The van der Waals surface area contributed by atoms with Gasteiger partial charge in [-0.15, -0.1) is 0 Å². The van der Waals surface area contributed by atoms with Gasteiger partial charge < -0.3 is 9.80 Å². The zero-order chi connectivity index (χ0) is 19.2. The lowest BCUT2D eigenvalue weighted by atomic mass is 10.2. The molecular formula is C20H27N5O2. The van der Waals surface area contributed by atoms with E-state index in [1.807, 2.05) is 4.90 Å². The third-order valence-corrected chi connectivity index (χ3v) is 5.40. The Labute approximate surface area is 160 Å². The predicted molar refractivity (Wildman–Crippen MR) is 101 cm³/mol. The Bertz CT molecular complexity index is 726. The van der Waals surface area contributed by atoms with E-state index in [0.717, 1.165) is 25.9 Å². The van der Waals surface area contributed by atoms with Crippen LogP contribution in [0.25, 0.3) is 0 Å². The van der Waals surface area contributed by atoms with E-state index in [1.54, 1.807) is 24.0 Å². The van der Waals surface area contributed by atoms with Crippen LogP contribution in [0.1, 0.15) is 47.4 Å². The molecular weight excluding hydrogens is 342 g/mol. The first-order valence-corrected chi connectivity index (χ1v) is 9.75. The largest absolute Gasteiger partial charge is 0.342 e. The average Bonchev–Trinajstić information content (AvgIpc) is 2.97. The van der Waals surface area contributed by atoms with Crippen molar-refractivity contribution >= 4 is 11.8 Å². The predicted octanol–water partition coefficient (Wildman–Crippen LogP) is 1.42. The second kappa shape index (κ2) is 8.96. The summed E-state index contributed by atoms with van der Waals surface area (Å²) in [6.45, 7) is 6.50. The number of piperazine rings is 1. The molecule has 0 radical (unpaired) electrons. The van der Waals surface area contributed by atoms with E-state index in [2.05, 4.69) is 16.0 Å². The molecule has 27 heavy (non-hydrogen) atoms. The van der Waals surface area contributed by atoms with Gasteiger partial charge >= 0.3 is 0 Å². The van der Waals surface area contributed by atoms with Gasteiger partial charge in [-0.25, -0.2) is 4.98 Å². The number of rotatable bonds is 3. The van der Waals surface area contributed by atoms with E-state index in [-0.39, 0.29) is 11.8 Å². The van der Waals surface area contributed by atoms with Crippen LogP contribution < -0.4 is 0 Å². The van der Waals surface area contributed by atoms with Crippen LogP contribution in [0.5, 0.6) is 0 Å². The van der Waals surface area contributed by atoms with Crippen LogP contribution in [0.3, 0.4) is 0 Å². The summed E-state index contributed by atoms with van der Waals surface area (Å²) >= 11 is 0. The molecule has 2 saturated heterocycles. The van der Waals surface area contributed by atoms with Crippen molar-refractivity contribution in [1.29, 1.82) is 5.26 Å². The molecule has 0 saturated carbocycles. The highest BCUT2D eigenvalue weighted by molar-refractivity contribution is 5.92. The maximum atomic E-state index is 12.7. The maximum Gasteiger partial charge on any atom is 0.272 e. The summed E-state index contributed by atoms with van der Waals surface area (Å²) in [6.07, 6.45) is 4.64. The molecule has 2 aliphatic heterocycles. The van der Waals surface area contributed by atoms with Crippen molar-refractivity contribution in [3.05, 3.63) is 29.1 Å². The number of hydrogen-bond donors (Lipinski definition) is 0. The highest BCUT2D eigenvalue weighted by Gasteiger charge is 2.25. The molecule has 0 aliphatic carbocycles. The third kappa shape index (κ3) is 4.83. The van der Waals surface area contributed by atoms with E-state index >= 15 is 0 Å². The number of aryl methyl sites for hydroxylation is 1. The highest BCUT2D eigenvalue weighted by Crippen LogP contribution is 2.13. The van der Waals surface area contributed by atoms with Gasteiger partial charge in [-0.05, 0) is 31.9 Å². The van der Waals surface area contributed by atoms with Crippen molar-refractivity contribution in [3.8, 4) is 6.07 Å². The van der Waals surface area contributed by atoms with Crippen LogP contribution in [-0.2, 0) is 4.79 Å². The second-order valence-corrected chi connectivity index (χ2v) is 7.30. The van der Waals surface area contributed by atoms with Gasteiger partial charge in [0.2, 0.25) is 5.91 Å². The van der Waals surface area contributed by atoms with Crippen LogP contribution in [0.4, 0.5) is 0 Å². The Morgan fingerprint density at radius 1 is 1.00 bits per heavy atom. The van der Waals surface area contributed by atoms with E-state index < -0.39 is 0 Å². The minimum absolute atomic E-state index is 0.110. The van der Waals surface area contributed by atoms with Gasteiger partial charge in [-0.2, -0.15) is 5.26 Å². The summed E-state index contributed by atoms with van der Waals surface area (Å²) in [5, 5.41) is 8.99. The number of amides is 2. The lowest BCUT2D eigenvalue weighted by molar-refractivity contribution is -0.132. The first kappa shape index (κ1) is 19.3. The van der Waals surface area contributed by atoms with E-state index in [4.69, 9.17) is 5.26 Å². The molecule has 0 spiro atoms. The Kier molecular flexibility index (Phi) is 6.40. The van der Waals surface area contributed by atoms with Crippen LogP contribution in [-0.4, -0.2) is 77.3 Å². The van der Waals surface area contributed by atoms with Gasteiger partial charge in [-0.1, -0.05) is 12.8 Å². The summed E-state index contributed by atoms with van der Waals surface area (Å²) in [4.78, 5) is 35.3. The van der Waals surface area contributed by atoms with Gasteiger partial charge in [0.1, 0.15) is 11.8 Å². The molecule has 144 valence electrons. The lowest BCUT2D eigenvalue weighted by Crippen LogP contribution is -2.51. The maximum absolute atomic E-state index is 12.7. The standard InChI is InChI=1S/C20H27N5O2/c1-16-17(14-21)6-7-18(22-16)20(27)25-12-10-23(11-13-25)15-19(26)24-8-4-2-3-5-9-24/h6-7H,2-5,8-13,15H2,1H3. The quantitative estimate of drug-likeness (QED) is 0.805. The number of carbonyl (C=O) groups is 2. The SMILES string of the molecule is Cc1nc(C(=O)N2CCN(CC(=O)N3CCCCCC3)CC2)ccc1C#N. The van der Waals surface area contributed by atoms with Gasteiger partial charge in [0.05, 0.1) is 17.8 Å². The van der Waals surface area contributed by atoms with Crippen LogP contribution >= 0.6 is 0 Å². The van der Waals surface area contributed by atoms with Crippen molar-refractivity contribution in [3.63, 3.8) is 0 Å². The van der Waals surface area contributed by atoms with E-state index in [0.29, 0.717) is 49.7 Å². The van der Waals surface area contributed by atoms with Gasteiger partial charge in [0, 0.05) is 39.3 Å². The summed E-state index contributed by atoms with van der Waals surface area (Å²) in [5.74, 6) is 0.0992. The molecule has 0 atom stereocenters. The Balaban J connectivity index is 1.51. The molecule has 3 rings (SSSR count). The van der Waals surface area contributed by atoms with Crippen molar-refractivity contribution in [2.75, 3.05) is 45.8 Å². The van der Waals surface area contributed by atoms with Crippen molar-refractivity contribution < 1.29 is 9.59 Å². The summed E-state index contributed by atoms with van der Waals surface area (Å²) in [7, 11) is 0. The highest BCUT2D eigenvalue weighted by atomic mass is 16.2. The lowest BCUT2D eigenvalue weighted by Gasteiger charge is -2.35. The Morgan fingerprint density at radius 3 is 2.26 bits per heavy atom. The molecule has 7 nitrogen and oxygen atoms in total. The molecule has 2 amide bonds. The first-order valence-electron chi connectivity index (χ1n) is 9.75. The molecule has 2 aliphatic rings. The second-order valence-electron chi connectivity index (χ2n) is 7.30. The summed E-state index contributed by atoms with van der Waals surface area (Å²) in [5.41, 5.74) is 1.44. The van der Waals surface area contributed by atoms with Crippen LogP contribution in [0.2, 0.25) is 0 Å². The number of nitrogens with zero attached hydrogens (tertiary/aromatic N) is 5. The van der Waals surface area contributed by atoms with E-state index in [9.17, 15) is 9.59 Å². The topological polar surface area (TPSA) is 80.5 Å². The smallest absolute Gasteiger partial charge is 0.272 e. The van der Waals surface area contributed by atoms with Crippen LogP contribution in [0, 0.1) is 18.3 Å². The van der Waals surface area contributed by atoms with Crippen molar-refractivity contribution in [2.24, 2.45) is 0 Å². The number of likely N-dealkylation sites (tertiary alicyclic amines) is 1. The fourth-order valence-corrected chi connectivity index (χ4v) is 3.68. The van der Waals surface area contributed by atoms with Crippen molar-refractivity contribution in [1.82, 2.24) is 19.7 Å². The number of carbonyl (C=O) groups excluding carboxylic acids is 2. The monoisotopic (exact) mass is 369 g/mol. The molecule has 0 unspecified atom stereocenters. The molecule has 1 aromatic rings. The number of pyridine rings is 1. The summed E-state index contributed by atoms with van der Waals surface area (Å²) in [6, 6.07) is 5.32. The fourth-order valence-electron chi connectivity index (χ4n) is 3.68. The minimum Gasteiger partial charge on any atom is -0.342 e. The molecule has 3 heterocycles.